The molecule has 2 aliphatic carbocycles. The summed E-state index contributed by atoms with van der Waals surface area (Å²) in [5, 5.41) is 0. The quantitative estimate of drug-likeness (QED) is 0.0757. The van der Waals surface area contributed by atoms with Crippen LogP contribution >= 0.6 is 31.9 Å². The van der Waals surface area contributed by atoms with Crippen LogP contribution in [0.5, 0.6) is 23.0 Å². The highest BCUT2D eigenvalue weighted by Crippen LogP contribution is 2.65. The van der Waals surface area contributed by atoms with Gasteiger partial charge < -0.3 is 18.9 Å². The number of ether oxygens (including phenoxy) is 4. The number of fused-ring (bicyclic) bond motifs is 10. The van der Waals surface area contributed by atoms with E-state index in [2.05, 4.69) is 221 Å². The van der Waals surface area contributed by atoms with E-state index in [4.69, 9.17) is 18.9 Å². The first-order valence-electron chi connectivity index (χ1n) is 24.0. The van der Waals surface area contributed by atoms with Crippen molar-refractivity contribution in [2.24, 2.45) is 17.8 Å². The summed E-state index contributed by atoms with van der Waals surface area (Å²) in [6.07, 6.45) is 12.8. The Morgan fingerprint density at radius 3 is 1.17 bits per heavy atom. The molecule has 4 atom stereocenters. The zero-order valence-corrected chi connectivity index (χ0v) is 43.0. The van der Waals surface area contributed by atoms with Crippen molar-refractivity contribution in [3.05, 3.63) is 163 Å². The van der Waals surface area contributed by atoms with Gasteiger partial charge in [-0.25, -0.2) is 0 Å². The van der Waals surface area contributed by atoms with Gasteiger partial charge in [0, 0.05) is 8.95 Å². The van der Waals surface area contributed by atoms with Crippen LogP contribution in [-0.4, -0.2) is 25.9 Å². The molecule has 342 valence electrons. The molecule has 0 fully saturated rings. The Morgan fingerprint density at radius 1 is 0.409 bits per heavy atom. The minimum atomic E-state index is -0.731. The molecule has 0 bridgehead atoms. The molecule has 4 nitrogen and oxygen atoms in total. The van der Waals surface area contributed by atoms with Gasteiger partial charge in [-0.2, -0.15) is 0 Å². The van der Waals surface area contributed by atoms with Gasteiger partial charge in [-0.15, -0.1) is 0 Å². The van der Waals surface area contributed by atoms with E-state index in [1.807, 2.05) is 0 Å². The SMILES string of the molecule is CCC(C)COc1cc2c(cc1OCC(C)CC)C1(c3cc(/C=C/c4ccc(Br)cc4)ccc3-c3ccc(/C=C/c4ccc(Br)cc4)cc31)c1cc(OC(C)CC)c(OCC(C)CC)cc1-2. The van der Waals surface area contributed by atoms with Gasteiger partial charge in [0.25, 0.3) is 0 Å². The highest BCUT2D eigenvalue weighted by atomic mass is 79.9. The van der Waals surface area contributed by atoms with Crippen molar-refractivity contribution in [1.29, 1.82) is 0 Å². The van der Waals surface area contributed by atoms with Gasteiger partial charge in [0.15, 0.2) is 23.0 Å². The summed E-state index contributed by atoms with van der Waals surface area (Å²) < 4.78 is 29.5. The second-order valence-corrected chi connectivity index (χ2v) is 20.5. The third-order valence-corrected chi connectivity index (χ3v) is 14.7. The monoisotopic (exact) mass is 1010 g/mol. The number of rotatable bonds is 19. The van der Waals surface area contributed by atoms with E-state index < -0.39 is 5.41 Å². The van der Waals surface area contributed by atoms with E-state index in [1.165, 1.54) is 33.4 Å². The van der Waals surface area contributed by atoms with Gasteiger partial charge in [0.2, 0.25) is 0 Å². The van der Waals surface area contributed by atoms with Crippen molar-refractivity contribution < 1.29 is 18.9 Å². The first-order chi connectivity index (χ1) is 31.9. The van der Waals surface area contributed by atoms with Crippen molar-refractivity contribution in [2.75, 3.05) is 19.8 Å². The van der Waals surface area contributed by atoms with Crippen LogP contribution in [0.1, 0.15) is 126 Å². The van der Waals surface area contributed by atoms with Gasteiger partial charge in [0.05, 0.1) is 31.3 Å². The smallest absolute Gasteiger partial charge is 0.161 e. The van der Waals surface area contributed by atoms with E-state index in [0.717, 1.165) is 91.0 Å². The lowest BCUT2D eigenvalue weighted by Gasteiger charge is -2.32. The zero-order chi connectivity index (χ0) is 46.5. The average molecular weight is 1010 g/mol. The summed E-state index contributed by atoms with van der Waals surface area (Å²) >= 11 is 7.22. The number of benzene rings is 6. The summed E-state index contributed by atoms with van der Waals surface area (Å²) in [4.78, 5) is 0. The highest BCUT2D eigenvalue weighted by Gasteiger charge is 2.53. The maximum atomic E-state index is 6.90. The van der Waals surface area contributed by atoms with E-state index in [9.17, 15) is 0 Å². The Labute approximate surface area is 410 Å². The topological polar surface area (TPSA) is 36.9 Å². The summed E-state index contributed by atoms with van der Waals surface area (Å²) in [5.41, 5.74) is 13.3. The second kappa shape index (κ2) is 20.9. The lowest BCUT2D eigenvalue weighted by Crippen LogP contribution is -2.26. The third-order valence-electron chi connectivity index (χ3n) is 13.7. The van der Waals surface area contributed by atoms with Crippen molar-refractivity contribution in [2.45, 2.75) is 92.6 Å². The van der Waals surface area contributed by atoms with Gasteiger partial charge in [0.1, 0.15) is 0 Å². The van der Waals surface area contributed by atoms with Crippen molar-refractivity contribution >= 4 is 56.2 Å². The lowest BCUT2D eigenvalue weighted by atomic mass is 9.70. The van der Waals surface area contributed by atoms with Crippen LogP contribution in [0.4, 0.5) is 0 Å². The fourth-order valence-electron chi connectivity index (χ4n) is 8.79. The van der Waals surface area contributed by atoms with Crippen LogP contribution in [0, 0.1) is 17.8 Å². The molecule has 66 heavy (non-hydrogen) atoms. The molecule has 0 heterocycles. The molecule has 2 aliphatic rings. The fraction of sp³-hybridized carbons (Fsp3) is 0.333. The molecule has 0 radical (unpaired) electrons. The van der Waals surface area contributed by atoms with Crippen LogP contribution in [-0.2, 0) is 5.41 Å². The van der Waals surface area contributed by atoms with Crippen LogP contribution in [0.2, 0.25) is 0 Å². The number of hydrogen-bond acceptors (Lipinski definition) is 4. The normalized spacial score (nSPS) is 15.0. The Balaban J connectivity index is 1.43. The Morgan fingerprint density at radius 2 is 0.758 bits per heavy atom. The standard InChI is InChI=1S/C60H64Br2O4/c1-9-38(5)35-63-56-31-50-51-32-57(64-36-39(6)10-2)59(66-41(8)12-4)34-55(51)60(54(50)33-58(56)65-37-40(7)11-3)52-29-44(15-13-42-17-23-46(61)24-18-42)21-27-48(52)49-28-22-45(30-53(49)60)16-14-43-19-25-47(62)26-20-43/h13-34,38-41H,9-12,35-37H2,1-8H3/b15-13+,16-14+. The molecule has 0 aliphatic heterocycles. The summed E-state index contributed by atoms with van der Waals surface area (Å²) in [7, 11) is 0. The van der Waals surface area contributed by atoms with Gasteiger partial charge in [-0.1, -0.05) is 172 Å². The van der Waals surface area contributed by atoms with Crippen LogP contribution in [0.3, 0.4) is 0 Å². The third kappa shape index (κ3) is 9.83. The van der Waals surface area contributed by atoms with Gasteiger partial charge in [-0.05, 0) is 159 Å². The Kier molecular flexibility index (Phi) is 15.0. The van der Waals surface area contributed by atoms with Gasteiger partial charge >= 0.3 is 0 Å². The van der Waals surface area contributed by atoms with Crippen molar-refractivity contribution in [3.63, 3.8) is 0 Å². The largest absolute Gasteiger partial charge is 0.489 e. The van der Waals surface area contributed by atoms with Crippen molar-refractivity contribution in [1.82, 2.24) is 0 Å². The van der Waals surface area contributed by atoms with Crippen LogP contribution < -0.4 is 18.9 Å². The first-order valence-corrected chi connectivity index (χ1v) is 25.6. The van der Waals surface area contributed by atoms with Gasteiger partial charge in [-0.3, -0.25) is 0 Å². The molecule has 0 saturated carbocycles. The van der Waals surface area contributed by atoms with E-state index >= 15 is 0 Å². The molecule has 0 aromatic heterocycles. The maximum absolute atomic E-state index is 6.90. The second-order valence-electron chi connectivity index (χ2n) is 18.6. The minimum absolute atomic E-state index is 0.0105. The molecule has 1 spiro atoms. The molecule has 0 amide bonds. The molecule has 4 unspecified atom stereocenters. The molecular formula is C60H64Br2O4. The van der Waals surface area contributed by atoms with E-state index in [0.29, 0.717) is 37.6 Å². The molecule has 0 saturated heterocycles. The predicted octanol–water partition coefficient (Wildman–Crippen LogP) is 17.3. The highest BCUT2D eigenvalue weighted by molar-refractivity contribution is 9.10. The maximum Gasteiger partial charge on any atom is 0.161 e. The molecular weight excluding hydrogens is 944 g/mol. The molecule has 6 aromatic carbocycles. The molecule has 6 aromatic rings. The zero-order valence-electron chi connectivity index (χ0n) is 39.8. The summed E-state index contributed by atoms with van der Waals surface area (Å²) in [6, 6.07) is 40.0. The predicted molar refractivity (Wildman–Crippen MR) is 284 cm³/mol. The molecule has 8 rings (SSSR count). The summed E-state index contributed by atoms with van der Waals surface area (Å²) in [5.74, 6) is 4.26. The summed E-state index contributed by atoms with van der Waals surface area (Å²) in [6.45, 7) is 19.5. The average Bonchev–Trinajstić information content (AvgIpc) is 3.78. The minimum Gasteiger partial charge on any atom is -0.489 e. The van der Waals surface area contributed by atoms with Crippen LogP contribution in [0.25, 0.3) is 46.6 Å². The molecule has 0 N–H and O–H groups in total. The number of halogens is 2. The Bertz CT molecular complexity index is 2610. The fourth-order valence-corrected chi connectivity index (χ4v) is 9.32. The van der Waals surface area contributed by atoms with E-state index in [1.54, 1.807) is 0 Å². The lowest BCUT2D eigenvalue weighted by molar-refractivity contribution is 0.192. The first kappa shape index (κ1) is 47.5. The molecule has 6 heteroatoms. The van der Waals surface area contributed by atoms with E-state index in [-0.39, 0.29) is 6.10 Å². The van der Waals surface area contributed by atoms with Crippen LogP contribution in [0.15, 0.2) is 118 Å². The van der Waals surface area contributed by atoms with Crippen molar-refractivity contribution in [3.8, 4) is 45.3 Å². The Hall–Kier alpha value is -5.04. The number of hydrogen-bond donors (Lipinski definition) is 0.